The fraction of sp³-hybridized carbons (Fsp3) is 0.300. The van der Waals surface area contributed by atoms with E-state index in [0.717, 1.165) is 18.4 Å². The Morgan fingerprint density at radius 1 is 1.08 bits per heavy atom. The van der Waals surface area contributed by atoms with Crippen molar-refractivity contribution in [3.8, 4) is 5.75 Å². The van der Waals surface area contributed by atoms with Gasteiger partial charge >= 0.3 is 0 Å². The van der Waals surface area contributed by atoms with Crippen molar-refractivity contribution in [2.75, 3.05) is 18.5 Å². The predicted molar refractivity (Wildman–Crippen MR) is 99.0 cm³/mol. The summed E-state index contributed by atoms with van der Waals surface area (Å²) in [5, 5.41) is 5.61. The largest absolute Gasteiger partial charge is 0.484 e. The molecular weight excluding hydrogens is 316 g/mol. The molecule has 0 aliphatic heterocycles. The van der Waals surface area contributed by atoms with Crippen molar-refractivity contribution >= 4 is 17.5 Å². The molecular formula is C20H24N2O3. The fourth-order valence-corrected chi connectivity index (χ4v) is 2.24. The molecule has 2 aromatic carbocycles. The second-order valence-corrected chi connectivity index (χ2v) is 5.84. The summed E-state index contributed by atoms with van der Waals surface area (Å²) in [7, 11) is 0. The zero-order valence-corrected chi connectivity index (χ0v) is 14.7. The van der Waals surface area contributed by atoms with Gasteiger partial charge in [-0.15, -0.1) is 0 Å². The summed E-state index contributed by atoms with van der Waals surface area (Å²) in [6.07, 6.45) is 2.00. The Morgan fingerprint density at radius 3 is 2.52 bits per heavy atom. The van der Waals surface area contributed by atoms with Crippen LogP contribution in [0.2, 0.25) is 0 Å². The summed E-state index contributed by atoms with van der Waals surface area (Å²) in [5.41, 5.74) is 2.28. The molecule has 0 aromatic heterocycles. The van der Waals surface area contributed by atoms with Crippen molar-refractivity contribution in [3.63, 3.8) is 0 Å². The molecule has 0 spiro atoms. The third-order valence-electron chi connectivity index (χ3n) is 3.61. The topological polar surface area (TPSA) is 67.4 Å². The summed E-state index contributed by atoms with van der Waals surface area (Å²) in [4.78, 5) is 23.9. The zero-order chi connectivity index (χ0) is 18.1. The maximum Gasteiger partial charge on any atom is 0.262 e. The highest BCUT2D eigenvalue weighted by Crippen LogP contribution is 2.13. The molecule has 132 valence electrons. The quantitative estimate of drug-likeness (QED) is 0.722. The number of unbranched alkanes of at least 4 members (excludes halogenated alkanes) is 1. The van der Waals surface area contributed by atoms with Gasteiger partial charge in [0.25, 0.3) is 11.8 Å². The van der Waals surface area contributed by atoms with Crippen molar-refractivity contribution < 1.29 is 14.3 Å². The predicted octanol–water partition coefficient (Wildman–Crippen LogP) is 3.54. The molecule has 2 amide bonds. The number of anilines is 1. The second kappa shape index (κ2) is 9.47. The van der Waals surface area contributed by atoms with Crippen LogP contribution < -0.4 is 15.4 Å². The molecule has 0 unspecified atom stereocenters. The van der Waals surface area contributed by atoms with Gasteiger partial charge in [0.2, 0.25) is 0 Å². The van der Waals surface area contributed by atoms with Crippen molar-refractivity contribution in [1.29, 1.82) is 0 Å². The van der Waals surface area contributed by atoms with Crippen LogP contribution in [0, 0.1) is 6.92 Å². The lowest BCUT2D eigenvalue weighted by atomic mass is 10.2. The number of rotatable bonds is 8. The number of carbonyl (C=O) groups is 2. The van der Waals surface area contributed by atoms with Crippen LogP contribution in [0.15, 0.2) is 48.5 Å². The van der Waals surface area contributed by atoms with Gasteiger partial charge in [-0.05, 0) is 55.3 Å². The fourth-order valence-electron chi connectivity index (χ4n) is 2.24. The van der Waals surface area contributed by atoms with Crippen LogP contribution in [0.25, 0.3) is 0 Å². The Balaban J connectivity index is 1.81. The highest BCUT2D eigenvalue weighted by Gasteiger charge is 2.07. The Bertz CT molecular complexity index is 711. The van der Waals surface area contributed by atoms with Crippen molar-refractivity contribution in [1.82, 2.24) is 5.32 Å². The first-order chi connectivity index (χ1) is 12.1. The Hall–Kier alpha value is -2.82. The smallest absolute Gasteiger partial charge is 0.262 e. The molecule has 5 heteroatoms. The van der Waals surface area contributed by atoms with Crippen molar-refractivity contribution in [2.24, 2.45) is 0 Å². The van der Waals surface area contributed by atoms with Crippen LogP contribution >= 0.6 is 0 Å². The summed E-state index contributed by atoms with van der Waals surface area (Å²) < 4.78 is 5.46. The van der Waals surface area contributed by atoms with Gasteiger partial charge in [-0.2, -0.15) is 0 Å². The Labute approximate surface area is 148 Å². The minimum atomic E-state index is -0.248. The summed E-state index contributed by atoms with van der Waals surface area (Å²) in [6, 6.07) is 14.3. The van der Waals surface area contributed by atoms with E-state index in [4.69, 9.17) is 4.74 Å². The van der Waals surface area contributed by atoms with E-state index in [0.29, 0.717) is 23.5 Å². The SMILES string of the molecule is CCCCNC(=O)c1ccc(NC(=O)COc2cccc(C)c2)cc1. The van der Waals surface area contributed by atoms with Crippen LogP contribution in [0.1, 0.15) is 35.7 Å². The number of amides is 2. The molecule has 25 heavy (non-hydrogen) atoms. The maximum atomic E-state index is 11.9. The van der Waals surface area contributed by atoms with Gasteiger partial charge in [0, 0.05) is 17.8 Å². The number of ether oxygens (including phenoxy) is 1. The van der Waals surface area contributed by atoms with Crippen molar-refractivity contribution in [3.05, 3.63) is 59.7 Å². The van der Waals surface area contributed by atoms with E-state index in [1.807, 2.05) is 31.2 Å². The average Bonchev–Trinajstić information content (AvgIpc) is 2.61. The highest BCUT2D eigenvalue weighted by atomic mass is 16.5. The number of hydrogen-bond acceptors (Lipinski definition) is 3. The van der Waals surface area contributed by atoms with Crippen LogP contribution in [-0.4, -0.2) is 25.0 Å². The van der Waals surface area contributed by atoms with Gasteiger partial charge in [0.15, 0.2) is 6.61 Å². The van der Waals surface area contributed by atoms with Gasteiger partial charge in [-0.1, -0.05) is 25.5 Å². The molecule has 2 aromatic rings. The molecule has 0 atom stereocenters. The lowest BCUT2D eigenvalue weighted by molar-refractivity contribution is -0.118. The zero-order valence-electron chi connectivity index (χ0n) is 14.7. The molecule has 0 fully saturated rings. The third kappa shape index (κ3) is 6.30. The van der Waals surface area contributed by atoms with Crippen LogP contribution in [-0.2, 0) is 4.79 Å². The van der Waals surface area contributed by atoms with E-state index >= 15 is 0 Å². The number of aryl methyl sites for hydroxylation is 1. The highest BCUT2D eigenvalue weighted by molar-refractivity contribution is 5.96. The lowest BCUT2D eigenvalue weighted by Gasteiger charge is -2.09. The molecule has 0 aliphatic rings. The normalized spacial score (nSPS) is 10.2. The van der Waals surface area contributed by atoms with E-state index in [-0.39, 0.29) is 18.4 Å². The van der Waals surface area contributed by atoms with Gasteiger partial charge < -0.3 is 15.4 Å². The molecule has 2 rings (SSSR count). The first-order valence-corrected chi connectivity index (χ1v) is 8.46. The lowest BCUT2D eigenvalue weighted by Crippen LogP contribution is -2.24. The maximum absolute atomic E-state index is 11.9. The van der Waals surface area contributed by atoms with Gasteiger partial charge in [0.1, 0.15) is 5.75 Å². The standard InChI is InChI=1S/C20H24N2O3/c1-3-4-12-21-20(24)16-8-10-17(11-9-16)22-19(23)14-25-18-7-5-6-15(2)13-18/h5-11,13H,3-4,12,14H2,1-2H3,(H,21,24)(H,22,23). The van der Waals surface area contributed by atoms with Crippen molar-refractivity contribution in [2.45, 2.75) is 26.7 Å². The number of carbonyl (C=O) groups excluding carboxylic acids is 2. The van der Waals surface area contributed by atoms with Crippen LogP contribution in [0.4, 0.5) is 5.69 Å². The Morgan fingerprint density at radius 2 is 1.84 bits per heavy atom. The first-order valence-electron chi connectivity index (χ1n) is 8.46. The minimum Gasteiger partial charge on any atom is -0.484 e. The summed E-state index contributed by atoms with van der Waals surface area (Å²) in [6.45, 7) is 4.64. The van der Waals surface area contributed by atoms with Gasteiger partial charge in [0.05, 0.1) is 0 Å². The van der Waals surface area contributed by atoms with Crippen LogP contribution in [0.5, 0.6) is 5.75 Å². The Kier molecular flexibility index (Phi) is 7.01. The molecule has 2 N–H and O–H groups in total. The molecule has 0 saturated carbocycles. The molecule has 5 nitrogen and oxygen atoms in total. The number of benzene rings is 2. The number of nitrogens with one attached hydrogen (secondary N) is 2. The molecule has 0 saturated heterocycles. The van der Waals surface area contributed by atoms with Crippen LogP contribution in [0.3, 0.4) is 0 Å². The minimum absolute atomic E-state index is 0.0668. The molecule has 0 radical (unpaired) electrons. The van der Waals surface area contributed by atoms with E-state index in [2.05, 4.69) is 17.6 Å². The first kappa shape index (κ1) is 18.5. The van der Waals surface area contributed by atoms with E-state index in [1.165, 1.54) is 0 Å². The average molecular weight is 340 g/mol. The second-order valence-electron chi connectivity index (χ2n) is 5.84. The summed E-state index contributed by atoms with van der Waals surface area (Å²) >= 11 is 0. The monoisotopic (exact) mass is 340 g/mol. The molecule has 0 aliphatic carbocycles. The molecule has 0 bridgehead atoms. The van der Waals surface area contributed by atoms with E-state index in [9.17, 15) is 9.59 Å². The van der Waals surface area contributed by atoms with E-state index in [1.54, 1.807) is 24.3 Å². The van der Waals surface area contributed by atoms with E-state index < -0.39 is 0 Å². The number of hydrogen-bond donors (Lipinski definition) is 2. The summed E-state index contributed by atoms with van der Waals surface area (Å²) in [5.74, 6) is 0.310. The molecule has 0 heterocycles. The third-order valence-corrected chi connectivity index (χ3v) is 3.61. The van der Waals surface area contributed by atoms with Gasteiger partial charge in [-0.3, -0.25) is 9.59 Å². The van der Waals surface area contributed by atoms with Gasteiger partial charge in [-0.25, -0.2) is 0 Å².